The fraction of sp³-hybridized carbons (Fsp3) is 0.294. The molecule has 1 fully saturated rings. The molecule has 0 radical (unpaired) electrons. The first-order chi connectivity index (χ1) is 8.33. The molecule has 0 N–H and O–H groups in total. The molecule has 17 heavy (non-hydrogen) atoms. The molecule has 1 aromatic carbocycles. The summed E-state index contributed by atoms with van der Waals surface area (Å²) in [6.07, 6.45) is 11.3. The van der Waals surface area contributed by atoms with Crippen LogP contribution in [-0.4, -0.2) is 0 Å². The standard InChI is InChI=1S/C17H20/c1-3-14-12-16(4-2)17(13-14)11-10-15-8-6-5-7-9-15/h3-11,14,17H,1,12-13H2,2H3/b11-10+,16-4+. The van der Waals surface area contributed by atoms with Gasteiger partial charge < -0.3 is 0 Å². The van der Waals surface area contributed by atoms with Gasteiger partial charge in [0.1, 0.15) is 0 Å². The van der Waals surface area contributed by atoms with Crippen molar-refractivity contribution in [2.75, 3.05) is 0 Å². The molecule has 1 aliphatic rings. The summed E-state index contributed by atoms with van der Waals surface area (Å²) in [6, 6.07) is 10.5. The van der Waals surface area contributed by atoms with E-state index in [9.17, 15) is 0 Å². The number of allylic oxidation sites excluding steroid dienone is 4. The van der Waals surface area contributed by atoms with Crippen molar-refractivity contribution in [1.29, 1.82) is 0 Å². The Kier molecular flexibility index (Phi) is 3.98. The number of rotatable bonds is 3. The average molecular weight is 224 g/mol. The van der Waals surface area contributed by atoms with Crippen LogP contribution in [0.25, 0.3) is 6.08 Å². The van der Waals surface area contributed by atoms with E-state index in [1.807, 2.05) is 0 Å². The molecular formula is C17H20. The summed E-state index contributed by atoms with van der Waals surface area (Å²) in [5, 5.41) is 0. The molecule has 0 bridgehead atoms. The summed E-state index contributed by atoms with van der Waals surface area (Å²) in [5.74, 6) is 1.26. The number of hydrogen-bond donors (Lipinski definition) is 0. The van der Waals surface area contributed by atoms with Gasteiger partial charge >= 0.3 is 0 Å². The van der Waals surface area contributed by atoms with Crippen LogP contribution in [0.5, 0.6) is 0 Å². The summed E-state index contributed by atoms with van der Waals surface area (Å²) in [6.45, 7) is 6.06. The Labute approximate surface area is 104 Å². The predicted octanol–water partition coefficient (Wildman–Crippen LogP) is 4.86. The van der Waals surface area contributed by atoms with Gasteiger partial charge in [0.15, 0.2) is 0 Å². The summed E-state index contributed by atoms with van der Waals surface area (Å²) in [7, 11) is 0. The minimum Gasteiger partial charge on any atom is -0.103 e. The molecule has 0 amide bonds. The van der Waals surface area contributed by atoms with Gasteiger partial charge in [-0.05, 0) is 37.2 Å². The Balaban J connectivity index is 2.08. The fourth-order valence-electron chi connectivity index (χ4n) is 2.52. The second-order valence-corrected chi connectivity index (χ2v) is 4.68. The van der Waals surface area contributed by atoms with E-state index >= 15 is 0 Å². The monoisotopic (exact) mass is 224 g/mol. The van der Waals surface area contributed by atoms with Crippen molar-refractivity contribution in [2.45, 2.75) is 19.8 Å². The van der Waals surface area contributed by atoms with Crippen molar-refractivity contribution < 1.29 is 0 Å². The lowest BCUT2D eigenvalue weighted by Gasteiger charge is -2.05. The highest BCUT2D eigenvalue weighted by molar-refractivity contribution is 5.50. The van der Waals surface area contributed by atoms with Crippen molar-refractivity contribution in [3.05, 3.63) is 66.3 Å². The largest absolute Gasteiger partial charge is 0.103 e. The van der Waals surface area contributed by atoms with E-state index in [0.29, 0.717) is 11.8 Å². The molecule has 0 heterocycles. The second kappa shape index (κ2) is 5.67. The zero-order chi connectivity index (χ0) is 12.1. The molecule has 88 valence electrons. The Morgan fingerprint density at radius 1 is 1.24 bits per heavy atom. The summed E-state index contributed by atoms with van der Waals surface area (Å²) in [5.41, 5.74) is 2.84. The molecule has 2 atom stereocenters. The van der Waals surface area contributed by atoms with E-state index in [-0.39, 0.29) is 0 Å². The van der Waals surface area contributed by atoms with Crippen LogP contribution < -0.4 is 0 Å². The van der Waals surface area contributed by atoms with E-state index in [1.165, 1.54) is 18.4 Å². The highest BCUT2D eigenvalue weighted by Gasteiger charge is 2.24. The molecule has 1 aromatic rings. The summed E-state index contributed by atoms with van der Waals surface area (Å²) < 4.78 is 0. The fourth-order valence-corrected chi connectivity index (χ4v) is 2.52. The van der Waals surface area contributed by atoms with Gasteiger partial charge in [0.05, 0.1) is 0 Å². The first kappa shape index (κ1) is 11.9. The van der Waals surface area contributed by atoms with Crippen LogP contribution in [0.1, 0.15) is 25.3 Å². The Hall–Kier alpha value is -1.56. The Morgan fingerprint density at radius 2 is 2.00 bits per heavy atom. The van der Waals surface area contributed by atoms with Gasteiger partial charge in [-0.2, -0.15) is 0 Å². The molecule has 0 aromatic heterocycles. The lowest BCUT2D eigenvalue weighted by molar-refractivity contribution is 0.648. The smallest absolute Gasteiger partial charge is 0.00141 e. The Bertz CT molecular complexity index is 423. The van der Waals surface area contributed by atoms with Crippen LogP contribution in [0.2, 0.25) is 0 Å². The van der Waals surface area contributed by atoms with Crippen LogP contribution in [0.3, 0.4) is 0 Å². The molecule has 1 saturated carbocycles. The van der Waals surface area contributed by atoms with Crippen LogP contribution in [0.4, 0.5) is 0 Å². The number of hydrogen-bond acceptors (Lipinski definition) is 0. The van der Waals surface area contributed by atoms with Gasteiger partial charge in [-0.25, -0.2) is 0 Å². The first-order valence-electron chi connectivity index (χ1n) is 6.34. The molecule has 2 rings (SSSR count). The molecule has 1 aliphatic carbocycles. The third-order valence-corrected chi connectivity index (χ3v) is 3.56. The summed E-state index contributed by atoms with van der Waals surface area (Å²) >= 11 is 0. The van der Waals surface area contributed by atoms with Crippen LogP contribution in [-0.2, 0) is 0 Å². The van der Waals surface area contributed by atoms with Crippen molar-refractivity contribution in [3.63, 3.8) is 0 Å². The maximum absolute atomic E-state index is 3.91. The van der Waals surface area contributed by atoms with E-state index in [0.717, 1.165) is 0 Å². The Morgan fingerprint density at radius 3 is 2.65 bits per heavy atom. The first-order valence-corrected chi connectivity index (χ1v) is 6.34. The molecule has 0 aliphatic heterocycles. The third kappa shape index (κ3) is 2.97. The minimum atomic E-state index is 0.600. The highest BCUT2D eigenvalue weighted by Crippen LogP contribution is 2.37. The third-order valence-electron chi connectivity index (χ3n) is 3.56. The van der Waals surface area contributed by atoms with E-state index < -0.39 is 0 Å². The number of benzene rings is 1. The molecule has 0 saturated heterocycles. The van der Waals surface area contributed by atoms with Crippen LogP contribution in [0, 0.1) is 11.8 Å². The van der Waals surface area contributed by atoms with Gasteiger partial charge in [0, 0.05) is 0 Å². The lowest BCUT2D eigenvalue weighted by Crippen LogP contribution is -1.91. The molecule has 0 heteroatoms. The van der Waals surface area contributed by atoms with E-state index in [4.69, 9.17) is 0 Å². The SMILES string of the molecule is C=CC1C/C(=C\C)C(/C=C/c2ccccc2)C1. The van der Waals surface area contributed by atoms with Crippen molar-refractivity contribution in [1.82, 2.24) is 0 Å². The topological polar surface area (TPSA) is 0 Å². The lowest BCUT2D eigenvalue weighted by atomic mass is 10.0. The zero-order valence-corrected chi connectivity index (χ0v) is 10.5. The van der Waals surface area contributed by atoms with Crippen molar-refractivity contribution in [2.24, 2.45) is 11.8 Å². The van der Waals surface area contributed by atoms with Gasteiger partial charge in [0.2, 0.25) is 0 Å². The normalized spacial score (nSPS) is 26.8. The second-order valence-electron chi connectivity index (χ2n) is 4.68. The molecule has 2 unspecified atom stereocenters. The summed E-state index contributed by atoms with van der Waals surface area (Å²) in [4.78, 5) is 0. The van der Waals surface area contributed by atoms with Crippen molar-refractivity contribution in [3.8, 4) is 0 Å². The average Bonchev–Trinajstić information content (AvgIpc) is 2.80. The molecule has 0 nitrogen and oxygen atoms in total. The maximum atomic E-state index is 3.91. The predicted molar refractivity (Wildman–Crippen MR) is 75.6 cm³/mol. The van der Waals surface area contributed by atoms with Crippen LogP contribution in [0.15, 0.2) is 60.7 Å². The molecule has 0 spiro atoms. The highest BCUT2D eigenvalue weighted by atomic mass is 14.3. The zero-order valence-electron chi connectivity index (χ0n) is 10.5. The molecular weight excluding hydrogens is 204 g/mol. The van der Waals surface area contributed by atoms with Gasteiger partial charge in [-0.15, -0.1) is 6.58 Å². The van der Waals surface area contributed by atoms with E-state index in [1.54, 1.807) is 5.57 Å². The van der Waals surface area contributed by atoms with Gasteiger partial charge in [0.25, 0.3) is 0 Å². The van der Waals surface area contributed by atoms with E-state index in [2.05, 4.69) is 68.1 Å². The minimum absolute atomic E-state index is 0.600. The van der Waals surface area contributed by atoms with Crippen molar-refractivity contribution >= 4 is 6.08 Å². The van der Waals surface area contributed by atoms with Gasteiger partial charge in [-0.3, -0.25) is 0 Å². The quantitative estimate of drug-likeness (QED) is 0.643. The van der Waals surface area contributed by atoms with Gasteiger partial charge in [-0.1, -0.05) is 60.2 Å². The van der Waals surface area contributed by atoms with Crippen LogP contribution >= 0.6 is 0 Å². The maximum Gasteiger partial charge on any atom is -0.00141 e.